The van der Waals surface area contributed by atoms with E-state index in [1.165, 1.54) is 96.0 Å². The van der Waals surface area contributed by atoms with Crippen molar-refractivity contribution >= 4 is 61.0 Å². The number of carbonyl (C=O) groups excluding carboxylic acids is 2. The predicted octanol–water partition coefficient (Wildman–Crippen LogP) is 11.9. The van der Waals surface area contributed by atoms with Crippen LogP contribution in [-0.4, -0.2) is 25.4 Å². The molecular weight excluding hydrogens is 558 g/mol. The summed E-state index contributed by atoms with van der Waals surface area (Å²) in [5, 5.41) is 9.28. The van der Waals surface area contributed by atoms with Gasteiger partial charge < -0.3 is 9.47 Å². The average molecular weight is 608 g/mol. The molecule has 0 aliphatic rings. The zero-order valence-corrected chi connectivity index (χ0v) is 27.9. The molecule has 0 atom stereocenters. The molecule has 0 heterocycles. The average Bonchev–Trinajstić information content (AvgIpc) is 3.02. The first-order chi connectivity index (χ1) is 21.9. The minimum Gasteiger partial charge on any atom is -0.449 e. The second-order valence-corrected chi connectivity index (χ2v) is 12.4. The van der Waals surface area contributed by atoms with Crippen LogP contribution in [0.15, 0.2) is 48.5 Å². The van der Waals surface area contributed by atoms with Gasteiger partial charge in [-0.05, 0) is 101 Å². The maximum atomic E-state index is 13.1. The molecule has 45 heavy (non-hydrogen) atoms. The van der Waals surface area contributed by atoms with E-state index in [4.69, 9.17) is 9.47 Å². The molecule has 0 spiro atoms. The summed E-state index contributed by atoms with van der Waals surface area (Å²) in [6, 6.07) is 17.0. The van der Waals surface area contributed by atoms with Crippen LogP contribution in [0, 0.1) is 13.8 Å². The summed E-state index contributed by atoms with van der Waals surface area (Å²) in [4.78, 5) is 27.3. The van der Waals surface area contributed by atoms with Crippen molar-refractivity contribution in [1.82, 2.24) is 0 Å². The molecule has 5 heteroatoms. The van der Waals surface area contributed by atoms with Crippen molar-refractivity contribution in [2.75, 3.05) is 18.1 Å². The summed E-state index contributed by atoms with van der Waals surface area (Å²) in [7, 11) is 0. The summed E-state index contributed by atoms with van der Waals surface area (Å²) in [6.07, 6.45) is 12.7. The van der Waals surface area contributed by atoms with Gasteiger partial charge in [0, 0.05) is 5.39 Å². The number of benzene rings is 5. The summed E-state index contributed by atoms with van der Waals surface area (Å²) in [5.74, 6) is 0. The fourth-order valence-electron chi connectivity index (χ4n) is 7.24. The first-order valence-corrected chi connectivity index (χ1v) is 17.2. The number of unbranched alkanes of at least 4 members (excludes halogenated alkanes) is 9. The third-order valence-corrected chi connectivity index (χ3v) is 9.29. The van der Waals surface area contributed by atoms with Gasteiger partial charge in [0.05, 0.1) is 18.9 Å². The van der Waals surface area contributed by atoms with Gasteiger partial charge in [-0.3, -0.25) is 0 Å². The molecule has 0 saturated heterocycles. The highest BCUT2D eigenvalue weighted by atomic mass is 16.6. The smallest absolute Gasteiger partial charge is 0.424 e. The Morgan fingerprint density at radius 3 is 1.80 bits per heavy atom. The lowest BCUT2D eigenvalue weighted by molar-refractivity contribution is 0.140. The van der Waals surface area contributed by atoms with Gasteiger partial charge in [-0.2, -0.15) is 4.90 Å². The normalized spacial score (nSPS) is 11.7. The Morgan fingerprint density at radius 2 is 1.16 bits per heavy atom. The van der Waals surface area contributed by atoms with Gasteiger partial charge in [0.2, 0.25) is 0 Å². The summed E-state index contributed by atoms with van der Waals surface area (Å²) in [6.45, 7) is 10.5. The van der Waals surface area contributed by atoms with Gasteiger partial charge in [-0.1, -0.05) is 107 Å². The summed E-state index contributed by atoms with van der Waals surface area (Å²) < 4.78 is 10.6. The topological polar surface area (TPSA) is 55.8 Å². The zero-order chi connectivity index (χ0) is 31.9. The van der Waals surface area contributed by atoms with Gasteiger partial charge in [0.25, 0.3) is 0 Å². The molecular formula is C40H49NO4. The van der Waals surface area contributed by atoms with Gasteiger partial charge in [-0.15, -0.1) is 0 Å². The second kappa shape index (κ2) is 14.9. The van der Waals surface area contributed by atoms with Crippen LogP contribution >= 0.6 is 0 Å². The number of hydrogen-bond donors (Lipinski definition) is 0. The fourth-order valence-corrected chi connectivity index (χ4v) is 7.24. The zero-order valence-electron chi connectivity index (χ0n) is 27.9. The van der Waals surface area contributed by atoms with E-state index in [-0.39, 0.29) is 13.2 Å². The number of rotatable bonds is 14. The van der Waals surface area contributed by atoms with Crippen LogP contribution in [0.3, 0.4) is 0 Å². The molecule has 0 aliphatic carbocycles. The quantitative estimate of drug-likeness (QED) is 0.0716. The fraction of sp³-hybridized carbons (Fsp3) is 0.450. The van der Waals surface area contributed by atoms with E-state index >= 15 is 0 Å². The van der Waals surface area contributed by atoms with Crippen molar-refractivity contribution in [3.63, 3.8) is 0 Å². The number of nitrogens with zero attached hydrogens (tertiary/aromatic N) is 1. The van der Waals surface area contributed by atoms with Crippen molar-refractivity contribution in [2.24, 2.45) is 0 Å². The van der Waals surface area contributed by atoms with E-state index in [0.29, 0.717) is 5.69 Å². The highest BCUT2D eigenvalue weighted by Crippen LogP contribution is 2.46. The Labute approximate surface area is 268 Å². The molecule has 238 valence electrons. The van der Waals surface area contributed by atoms with Gasteiger partial charge >= 0.3 is 12.2 Å². The molecule has 0 bridgehead atoms. The molecule has 0 radical (unpaired) electrons. The lowest BCUT2D eigenvalue weighted by Gasteiger charge is -2.24. The Kier molecular flexibility index (Phi) is 10.8. The van der Waals surface area contributed by atoms with Crippen molar-refractivity contribution in [3.8, 4) is 0 Å². The number of hydrogen-bond acceptors (Lipinski definition) is 4. The molecule has 0 unspecified atom stereocenters. The second-order valence-electron chi connectivity index (χ2n) is 12.4. The maximum absolute atomic E-state index is 13.1. The molecule has 0 N–H and O–H groups in total. The highest BCUT2D eigenvalue weighted by Gasteiger charge is 2.29. The standard InChI is InChI=1S/C40H49NO4/c1-6-9-10-11-12-13-14-15-16-17-19-29-26-28(5)35-27(4)22-23-31-30-24-25-34(41(39(42)44-7-2)40(43)45-8-3)32-20-18-21-33(37(30)32)36(29)38(31)35/h18,20-26H,6-17,19H2,1-5H3. The van der Waals surface area contributed by atoms with Crippen LogP contribution in [0.2, 0.25) is 0 Å². The van der Waals surface area contributed by atoms with Crippen LogP contribution in [0.4, 0.5) is 15.3 Å². The third-order valence-electron chi connectivity index (χ3n) is 9.29. The predicted molar refractivity (Wildman–Crippen MR) is 189 cm³/mol. The van der Waals surface area contributed by atoms with Crippen LogP contribution < -0.4 is 4.90 Å². The Morgan fingerprint density at radius 1 is 0.578 bits per heavy atom. The van der Waals surface area contributed by atoms with E-state index in [9.17, 15) is 9.59 Å². The number of carbonyl (C=O) groups is 2. The molecule has 0 saturated carbocycles. The number of fused-ring (bicyclic) bond motifs is 2. The minimum absolute atomic E-state index is 0.159. The number of aryl methyl sites for hydroxylation is 3. The number of anilines is 1. The summed E-state index contributed by atoms with van der Waals surface area (Å²) >= 11 is 0. The molecule has 5 nitrogen and oxygen atoms in total. The first-order valence-electron chi connectivity index (χ1n) is 17.2. The van der Waals surface area contributed by atoms with Crippen LogP contribution in [0.1, 0.15) is 102 Å². The summed E-state index contributed by atoms with van der Waals surface area (Å²) in [5.41, 5.74) is 4.45. The lowest BCUT2D eigenvalue weighted by Crippen LogP contribution is -2.38. The van der Waals surface area contributed by atoms with Crippen LogP contribution in [0.25, 0.3) is 43.1 Å². The van der Waals surface area contributed by atoms with Crippen molar-refractivity contribution < 1.29 is 19.1 Å². The first kappa shape index (κ1) is 32.5. The molecule has 5 rings (SSSR count). The molecule has 5 aromatic carbocycles. The van der Waals surface area contributed by atoms with Gasteiger partial charge in [0.15, 0.2) is 0 Å². The van der Waals surface area contributed by atoms with Crippen LogP contribution in [0.5, 0.6) is 0 Å². The van der Waals surface area contributed by atoms with Crippen molar-refractivity contribution in [2.45, 2.75) is 105 Å². The number of amides is 2. The molecule has 0 fully saturated rings. The Bertz CT molecular complexity index is 1770. The monoisotopic (exact) mass is 607 g/mol. The number of imide groups is 1. The molecule has 0 aliphatic heterocycles. The van der Waals surface area contributed by atoms with E-state index in [2.05, 4.69) is 45.0 Å². The van der Waals surface area contributed by atoms with E-state index in [1.807, 2.05) is 24.3 Å². The largest absolute Gasteiger partial charge is 0.449 e. The van der Waals surface area contributed by atoms with E-state index in [0.717, 1.165) is 39.3 Å². The van der Waals surface area contributed by atoms with Crippen LogP contribution in [-0.2, 0) is 15.9 Å². The Hall–Kier alpha value is -3.86. The van der Waals surface area contributed by atoms with Crippen molar-refractivity contribution in [1.29, 1.82) is 0 Å². The molecule has 2 amide bonds. The van der Waals surface area contributed by atoms with E-state index < -0.39 is 12.2 Å². The minimum atomic E-state index is -0.733. The van der Waals surface area contributed by atoms with Gasteiger partial charge in [-0.25, -0.2) is 9.59 Å². The molecule has 0 aromatic heterocycles. The SMILES string of the molecule is CCCCCCCCCCCCc1cc(C)c2c(C)ccc3c4ccc(N(C(=O)OCC)C(=O)OCC)c5cccc(c1c23)c54. The lowest BCUT2D eigenvalue weighted by atomic mass is 9.83. The number of ether oxygens (including phenoxy) is 2. The van der Waals surface area contributed by atoms with E-state index in [1.54, 1.807) is 13.8 Å². The van der Waals surface area contributed by atoms with Gasteiger partial charge in [0.1, 0.15) is 0 Å². The Balaban J connectivity index is 1.58. The van der Waals surface area contributed by atoms with Crippen molar-refractivity contribution in [3.05, 3.63) is 65.2 Å². The highest BCUT2D eigenvalue weighted by molar-refractivity contribution is 6.36. The third kappa shape index (κ3) is 6.59. The molecule has 5 aromatic rings. The maximum Gasteiger partial charge on any atom is 0.424 e.